The number of urea groups is 1. The van der Waals surface area contributed by atoms with Gasteiger partial charge in [-0.05, 0) is 53.4 Å². The Morgan fingerprint density at radius 1 is 0.824 bits per heavy atom. The smallest absolute Gasteiger partial charge is 0.326 e. The molecule has 0 bridgehead atoms. The molecule has 176 valence electrons. The molecular formula is C25H23F2N3O4. The van der Waals surface area contributed by atoms with Crippen molar-refractivity contribution in [1.82, 2.24) is 5.32 Å². The number of rotatable bonds is 7. The number of benzene rings is 3. The quantitative estimate of drug-likeness (QED) is 0.387. The molecule has 0 radical (unpaired) electrons. The number of carbonyl (C=O) groups excluding carboxylic acids is 2. The van der Waals surface area contributed by atoms with E-state index >= 15 is 0 Å². The Kier molecular flexibility index (Phi) is 7.57. The minimum absolute atomic E-state index is 0.150. The van der Waals surface area contributed by atoms with Gasteiger partial charge in [-0.1, -0.05) is 38.1 Å². The molecule has 34 heavy (non-hydrogen) atoms. The van der Waals surface area contributed by atoms with Gasteiger partial charge in [0.1, 0.15) is 17.7 Å². The van der Waals surface area contributed by atoms with E-state index in [1.807, 2.05) is 0 Å². The van der Waals surface area contributed by atoms with Gasteiger partial charge in [-0.15, -0.1) is 0 Å². The van der Waals surface area contributed by atoms with E-state index in [1.165, 1.54) is 0 Å². The molecule has 0 aliphatic carbocycles. The largest absolute Gasteiger partial charge is 0.480 e. The highest BCUT2D eigenvalue weighted by molar-refractivity contribution is 6.00. The number of carboxylic acid groups (broad SMARTS) is 1. The third-order valence-electron chi connectivity index (χ3n) is 5.02. The monoisotopic (exact) mass is 467 g/mol. The highest BCUT2D eigenvalue weighted by Crippen LogP contribution is 2.23. The molecule has 3 aromatic carbocycles. The van der Waals surface area contributed by atoms with Gasteiger partial charge in [0.05, 0.1) is 5.69 Å². The standard InChI is InChI=1S/C25H23F2N3O4/c1-14(2)22(24(32)33)30-23(31)17-5-3-15(4-6-17)16-7-10-19(11-8-16)28-25(34)29-21-12-9-18(26)13-20(21)27/h3-14,22H,1-2H3,(H,30,31)(H,32,33)(H2,28,29,34)/t22-/m0/s1. The first-order valence-corrected chi connectivity index (χ1v) is 10.4. The Morgan fingerprint density at radius 2 is 1.41 bits per heavy atom. The molecule has 7 nitrogen and oxygen atoms in total. The van der Waals surface area contributed by atoms with Gasteiger partial charge in [-0.3, -0.25) is 4.79 Å². The second-order valence-electron chi connectivity index (χ2n) is 7.89. The van der Waals surface area contributed by atoms with E-state index in [9.17, 15) is 28.3 Å². The topological polar surface area (TPSA) is 108 Å². The second kappa shape index (κ2) is 10.6. The van der Waals surface area contributed by atoms with Crippen LogP contribution in [0.2, 0.25) is 0 Å². The fraction of sp³-hybridized carbons (Fsp3) is 0.160. The highest BCUT2D eigenvalue weighted by atomic mass is 19.1. The summed E-state index contributed by atoms with van der Waals surface area (Å²) in [6.45, 7) is 3.43. The van der Waals surface area contributed by atoms with Gasteiger partial charge in [0.2, 0.25) is 0 Å². The minimum Gasteiger partial charge on any atom is -0.480 e. The van der Waals surface area contributed by atoms with E-state index in [0.29, 0.717) is 17.3 Å². The molecule has 9 heteroatoms. The molecule has 4 N–H and O–H groups in total. The van der Waals surface area contributed by atoms with Crippen LogP contribution in [0.4, 0.5) is 25.0 Å². The summed E-state index contributed by atoms with van der Waals surface area (Å²) in [6.07, 6.45) is 0. The van der Waals surface area contributed by atoms with Crippen LogP contribution in [0.15, 0.2) is 66.7 Å². The zero-order chi connectivity index (χ0) is 24.8. The number of halogens is 2. The molecule has 0 heterocycles. The van der Waals surface area contributed by atoms with Crippen LogP contribution in [-0.2, 0) is 4.79 Å². The van der Waals surface area contributed by atoms with Crippen molar-refractivity contribution in [3.8, 4) is 11.1 Å². The first-order chi connectivity index (χ1) is 16.1. The van der Waals surface area contributed by atoms with Crippen LogP contribution in [-0.4, -0.2) is 29.1 Å². The van der Waals surface area contributed by atoms with Gasteiger partial charge < -0.3 is 21.1 Å². The lowest BCUT2D eigenvalue weighted by molar-refractivity contribution is -0.140. The molecule has 0 aliphatic rings. The number of nitrogens with one attached hydrogen (secondary N) is 3. The van der Waals surface area contributed by atoms with E-state index in [4.69, 9.17) is 0 Å². The van der Waals surface area contributed by atoms with Crippen LogP contribution in [0.5, 0.6) is 0 Å². The van der Waals surface area contributed by atoms with Crippen LogP contribution in [0, 0.1) is 17.6 Å². The SMILES string of the molecule is CC(C)[C@H](NC(=O)c1ccc(-c2ccc(NC(=O)Nc3ccc(F)cc3F)cc2)cc1)C(=O)O. The number of hydrogen-bond donors (Lipinski definition) is 4. The van der Waals surface area contributed by atoms with Crippen molar-refractivity contribution in [1.29, 1.82) is 0 Å². The third kappa shape index (κ3) is 6.16. The van der Waals surface area contributed by atoms with Crippen molar-refractivity contribution in [3.63, 3.8) is 0 Å². The average molecular weight is 467 g/mol. The lowest BCUT2D eigenvalue weighted by atomic mass is 10.0. The molecular weight excluding hydrogens is 444 g/mol. The number of carboxylic acids is 1. The van der Waals surface area contributed by atoms with Gasteiger partial charge in [0.15, 0.2) is 0 Å². The summed E-state index contributed by atoms with van der Waals surface area (Å²) in [4.78, 5) is 35.7. The maximum Gasteiger partial charge on any atom is 0.326 e. The predicted molar refractivity (Wildman–Crippen MR) is 125 cm³/mol. The first-order valence-electron chi connectivity index (χ1n) is 10.4. The first kappa shape index (κ1) is 24.4. The molecule has 0 aliphatic heterocycles. The Labute approximate surface area is 194 Å². The summed E-state index contributed by atoms with van der Waals surface area (Å²) in [6, 6.07) is 14.6. The Balaban J connectivity index is 1.62. The molecule has 3 rings (SSSR count). The van der Waals surface area contributed by atoms with Crippen molar-refractivity contribution in [2.24, 2.45) is 5.92 Å². The van der Waals surface area contributed by atoms with Gasteiger partial charge in [-0.25, -0.2) is 18.4 Å². The average Bonchev–Trinajstić information content (AvgIpc) is 2.79. The Hall–Kier alpha value is -4.27. The van der Waals surface area contributed by atoms with E-state index in [1.54, 1.807) is 62.4 Å². The van der Waals surface area contributed by atoms with Crippen LogP contribution in [0.25, 0.3) is 11.1 Å². The fourth-order valence-electron chi connectivity index (χ4n) is 3.17. The molecule has 1 atom stereocenters. The summed E-state index contributed by atoms with van der Waals surface area (Å²) in [5, 5.41) is 16.6. The van der Waals surface area contributed by atoms with E-state index in [0.717, 1.165) is 23.3 Å². The second-order valence-corrected chi connectivity index (χ2v) is 7.89. The molecule has 0 saturated heterocycles. The van der Waals surface area contributed by atoms with Crippen LogP contribution >= 0.6 is 0 Å². The van der Waals surface area contributed by atoms with Gasteiger partial charge in [-0.2, -0.15) is 0 Å². The number of amides is 3. The van der Waals surface area contributed by atoms with Crippen molar-refractivity contribution in [2.75, 3.05) is 10.6 Å². The van der Waals surface area contributed by atoms with Crippen molar-refractivity contribution in [3.05, 3.63) is 83.9 Å². The van der Waals surface area contributed by atoms with Crippen molar-refractivity contribution in [2.45, 2.75) is 19.9 Å². The van der Waals surface area contributed by atoms with Crippen molar-refractivity contribution < 1.29 is 28.3 Å². The number of hydrogen-bond acceptors (Lipinski definition) is 3. The predicted octanol–water partition coefficient (Wildman–Crippen LogP) is 5.11. The number of aliphatic carboxylic acids is 1. The lowest BCUT2D eigenvalue weighted by Crippen LogP contribution is -2.44. The lowest BCUT2D eigenvalue weighted by Gasteiger charge is -2.18. The summed E-state index contributed by atoms with van der Waals surface area (Å²) in [5.41, 5.74) is 2.25. The van der Waals surface area contributed by atoms with Gasteiger partial charge >= 0.3 is 12.0 Å². The maximum absolute atomic E-state index is 13.7. The highest BCUT2D eigenvalue weighted by Gasteiger charge is 2.23. The van der Waals surface area contributed by atoms with Crippen LogP contribution in [0.3, 0.4) is 0 Å². The Morgan fingerprint density at radius 3 is 1.94 bits per heavy atom. The minimum atomic E-state index is -1.09. The Bertz CT molecular complexity index is 1200. The molecule has 3 aromatic rings. The normalized spacial score (nSPS) is 11.6. The van der Waals surface area contributed by atoms with E-state index in [-0.39, 0.29) is 11.6 Å². The zero-order valence-corrected chi connectivity index (χ0v) is 18.4. The number of anilines is 2. The van der Waals surface area contributed by atoms with E-state index in [2.05, 4.69) is 16.0 Å². The van der Waals surface area contributed by atoms with Gasteiger partial charge in [0, 0.05) is 17.3 Å². The fourth-order valence-corrected chi connectivity index (χ4v) is 3.17. The number of carbonyl (C=O) groups is 3. The molecule has 3 amide bonds. The van der Waals surface area contributed by atoms with Crippen LogP contribution < -0.4 is 16.0 Å². The van der Waals surface area contributed by atoms with Crippen LogP contribution in [0.1, 0.15) is 24.2 Å². The molecule has 0 saturated carbocycles. The zero-order valence-electron chi connectivity index (χ0n) is 18.4. The summed E-state index contributed by atoms with van der Waals surface area (Å²) in [5.74, 6) is -3.45. The molecule has 0 fully saturated rings. The van der Waals surface area contributed by atoms with Crippen molar-refractivity contribution >= 4 is 29.3 Å². The maximum atomic E-state index is 13.7. The molecule has 0 aromatic heterocycles. The molecule has 0 spiro atoms. The summed E-state index contributed by atoms with van der Waals surface area (Å²) in [7, 11) is 0. The summed E-state index contributed by atoms with van der Waals surface area (Å²) < 4.78 is 26.6. The van der Waals surface area contributed by atoms with Gasteiger partial charge in [0.25, 0.3) is 5.91 Å². The summed E-state index contributed by atoms with van der Waals surface area (Å²) >= 11 is 0. The molecule has 0 unspecified atom stereocenters. The van der Waals surface area contributed by atoms with E-state index < -0.39 is 35.6 Å². The third-order valence-corrected chi connectivity index (χ3v) is 5.02.